The molecule has 0 saturated heterocycles. The van der Waals surface area contributed by atoms with Crippen LogP contribution in [0.15, 0.2) is 38.7 Å². The van der Waals surface area contributed by atoms with E-state index in [1.165, 1.54) is 18.4 Å². The standard InChI is InChI=1S/C13H12Br2N2S/c14-10-4-1-8(7-11(10)15)12(17-9-2-3-9)13-16-5-6-18-13/h1,4-7,9,12,17H,2-3H2. The predicted molar refractivity (Wildman–Crippen MR) is 82.0 cm³/mol. The highest BCUT2D eigenvalue weighted by Crippen LogP contribution is 2.33. The maximum absolute atomic E-state index is 4.45. The van der Waals surface area contributed by atoms with Crippen LogP contribution >= 0.6 is 43.2 Å². The summed E-state index contributed by atoms with van der Waals surface area (Å²) in [5, 5.41) is 6.84. The van der Waals surface area contributed by atoms with Gasteiger partial charge in [-0.3, -0.25) is 0 Å². The topological polar surface area (TPSA) is 24.9 Å². The van der Waals surface area contributed by atoms with Crippen molar-refractivity contribution in [2.45, 2.75) is 24.9 Å². The van der Waals surface area contributed by atoms with Gasteiger partial charge in [-0.1, -0.05) is 6.07 Å². The van der Waals surface area contributed by atoms with Crippen molar-refractivity contribution < 1.29 is 0 Å². The van der Waals surface area contributed by atoms with Gasteiger partial charge < -0.3 is 5.32 Å². The van der Waals surface area contributed by atoms with Crippen LogP contribution in [0.3, 0.4) is 0 Å². The minimum Gasteiger partial charge on any atom is -0.301 e. The first kappa shape index (κ1) is 12.8. The molecule has 1 fully saturated rings. The number of thiazole rings is 1. The molecule has 5 heteroatoms. The smallest absolute Gasteiger partial charge is 0.114 e. The average molecular weight is 388 g/mol. The second kappa shape index (κ2) is 5.41. The lowest BCUT2D eigenvalue weighted by molar-refractivity contribution is 0.598. The maximum atomic E-state index is 4.45. The Hall–Kier alpha value is -0.230. The molecule has 1 saturated carbocycles. The van der Waals surface area contributed by atoms with Crippen molar-refractivity contribution in [3.05, 3.63) is 49.3 Å². The lowest BCUT2D eigenvalue weighted by Gasteiger charge is -2.17. The highest BCUT2D eigenvalue weighted by atomic mass is 79.9. The van der Waals surface area contributed by atoms with Gasteiger partial charge >= 0.3 is 0 Å². The molecule has 94 valence electrons. The van der Waals surface area contributed by atoms with Crippen LogP contribution < -0.4 is 5.32 Å². The first-order chi connectivity index (χ1) is 8.74. The van der Waals surface area contributed by atoms with E-state index in [1.807, 2.05) is 11.6 Å². The number of hydrogen-bond donors (Lipinski definition) is 1. The summed E-state index contributed by atoms with van der Waals surface area (Å²) in [5.74, 6) is 0. The normalized spacial score (nSPS) is 16.8. The van der Waals surface area contributed by atoms with Gasteiger partial charge in [0.05, 0.1) is 6.04 Å². The van der Waals surface area contributed by atoms with Gasteiger partial charge in [-0.25, -0.2) is 4.98 Å². The number of aromatic nitrogens is 1. The van der Waals surface area contributed by atoms with Gasteiger partial charge in [0.15, 0.2) is 0 Å². The summed E-state index contributed by atoms with van der Waals surface area (Å²) in [6.07, 6.45) is 4.43. The molecule has 1 N–H and O–H groups in total. The van der Waals surface area contributed by atoms with Crippen molar-refractivity contribution in [2.75, 3.05) is 0 Å². The number of nitrogens with zero attached hydrogens (tertiary/aromatic N) is 1. The number of rotatable bonds is 4. The number of halogens is 2. The monoisotopic (exact) mass is 386 g/mol. The van der Waals surface area contributed by atoms with Crippen LogP contribution in [0.4, 0.5) is 0 Å². The maximum Gasteiger partial charge on any atom is 0.114 e. The first-order valence-electron chi connectivity index (χ1n) is 5.84. The van der Waals surface area contributed by atoms with Crippen LogP contribution in [0.5, 0.6) is 0 Å². The van der Waals surface area contributed by atoms with Gasteiger partial charge in [0.2, 0.25) is 0 Å². The fourth-order valence-corrected chi connectivity index (χ4v) is 3.23. The Morgan fingerprint density at radius 3 is 2.72 bits per heavy atom. The third kappa shape index (κ3) is 2.85. The van der Waals surface area contributed by atoms with Gasteiger partial charge in [0.25, 0.3) is 0 Å². The summed E-state index contributed by atoms with van der Waals surface area (Å²) in [4.78, 5) is 4.45. The fourth-order valence-electron chi connectivity index (χ4n) is 1.86. The fraction of sp³-hybridized carbons (Fsp3) is 0.308. The zero-order chi connectivity index (χ0) is 12.5. The predicted octanol–water partition coefficient (Wildman–Crippen LogP) is 4.51. The van der Waals surface area contributed by atoms with E-state index < -0.39 is 0 Å². The Labute approximate surface area is 127 Å². The lowest BCUT2D eigenvalue weighted by Crippen LogP contribution is -2.24. The van der Waals surface area contributed by atoms with Crippen molar-refractivity contribution in [3.8, 4) is 0 Å². The molecule has 18 heavy (non-hydrogen) atoms. The van der Waals surface area contributed by atoms with E-state index in [2.05, 4.69) is 60.4 Å². The Bertz CT molecular complexity index is 538. The van der Waals surface area contributed by atoms with E-state index in [-0.39, 0.29) is 6.04 Å². The van der Waals surface area contributed by atoms with Crippen molar-refractivity contribution >= 4 is 43.2 Å². The zero-order valence-corrected chi connectivity index (χ0v) is 13.6. The molecule has 0 spiro atoms. The van der Waals surface area contributed by atoms with Gasteiger partial charge in [-0.2, -0.15) is 0 Å². The summed E-state index contributed by atoms with van der Waals surface area (Å²) >= 11 is 8.78. The Morgan fingerprint density at radius 1 is 1.28 bits per heavy atom. The van der Waals surface area contributed by atoms with Crippen LogP contribution in [-0.4, -0.2) is 11.0 Å². The molecule has 0 amide bonds. The minimum absolute atomic E-state index is 0.210. The third-order valence-electron chi connectivity index (χ3n) is 2.96. The van der Waals surface area contributed by atoms with Crippen LogP contribution in [0.25, 0.3) is 0 Å². The third-order valence-corrected chi connectivity index (χ3v) is 5.68. The molecular weight excluding hydrogens is 376 g/mol. The average Bonchev–Trinajstić information content (AvgIpc) is 3.02. The van der Waals surface area contributed by atoms with E-state index in [4.69, 9.17) is 0 Å². The largest absolute Gasteiger partial charge is 0.301 e. The molecule has 0 bridgehead atoms. The highest BCUT2D eigenvalue weighted by molar-refractivity contribution is 9.13. The van der Waals surface area contributed by atoms with E-state index in [0.29, 0.717) is 6.04 Å². The Morgan fingerprint density at radius 2 is 2.11 bits per heavy atom. The van der Waals surface area contributed by atoms with Gasteiger partial charge in [-0.05, 0) is 62.4 Å². The molecular formula is C13H12Br2N2S. The van der Waals surface area contributed by atoms with Crippen molar-refractivity contribution in [3.63, 3.8) is 0 Å². The van der Waals surface area contributed by atoms with Crippen LogP contribution in [0, 0.1) is 0 Å². The van der Waals surface area contributed by atoms with E-state index >= 15 is 0 Å². The number of nitrogens with one attached hydrogen (secondary N) is 1. The molecule has 1 aromatic carbocycles. The van der Waals surface area contributed by atoms with Crippen LogP contribution in [0.2, 0.25) is 0 Å². The van der Waals surface area contributed by atoms with Crippen LogP contribution in [-0.2, 0) is 0 Å². The molecule has 2 aromatic rings. The van der Waals surface area contributed by atoms with E-state index in [9.17, 15) is 0 Å². The SMILES string of the molecule is Brc1ccc(C(NC2CC2)c2nccs2)cc1Br. The molecule has 1 atom stereocenters. The van der Waals surface area contributed by atoms with E-state index in [1.54, 1.807) is 11.3 Å². The van der Waals surface area contributed by atoms with Gasteiger partial charge in [-0.15, -0.1) is 11.3 Å². The molecule has 1 unspecified atom stereocenters. The molecule has 1 aromatic heterocycles. The Balaban J connectivity index is 1.93. The van der Waals surface area contributed by atoms with E-state index in [0.717, 1.165) is 14.0 Å². The Kier molecular flexibility index (Phi) is 3.84. The van der Waals surface area contributed by atoms with Crippen LogP contribution in [0.1, 0.15) is 29.5 Å². The summed E-state index contributed by atoms with van der Waals surface area (Å²) in [6, 6.07) is 7.25. The van der Waals surface area contributed by atoms with Gasteiger partial charge in [0.1, 0.15) is 5.01 Å². The quantitative estimate of drug-likeness (QED) is 0.834. The second-order valence-electron chi connectivity index (χ2n) is 4.42. The van der Waals surface area contributed by atoms with Gasteiger partial charge in [0, 0.05) is 26.6 Å². The number of benzene rings is 1. The summed E-state index contributed by atoms with van der Waals surface area (Å²) in [5.41, 5.74) is 1.26. The highest BCUT2D eigenvalue weighted by Gasteiger charge is 2.27. The first-order valence-corrected chi connectivity index (χ1v) is 8.31. The molecule has 1 aliphatic carbocycles. The molecule has 3 rings (SSSR count). The zero-order valence-electron chi connectivity index (χ0n) is 9.57. The minimum atomic E-state index is 0.210. The van der Waals surface area contributed by atoms with Crippen molar-refractivity contribution in [1.82, 2.24) is 10.3 Å². The molecule has 1 heterocycles. The molecule has 2 nitrogen and oxygen atoms in total. The second-order valence-corrected chi connectivity index (χ2v) is 7.05. The van der Waals surface area contributed by atoms with Crippen molar-refractivity contribution in [2.24, 2.45) is 0 Å². The lowest BCUT2D eigenvalue weighted by atomic mass is 10.1. The molecule has 0 aliphatic heterocycles. The summed E-state index contributed by atoms with van der Waals surface area (Å²) < 4.78 is 2.16. The number of hydrogen-bond acceptors (Lipinski definition) is 3. The summed E-state index contributed by atoms with van der Waals surface area (Å²) in [6.45, 7) is 0. The van der Waals surface area contributed by atoms with Crippen molar-refractivity contribution in [1.29, 1.82) is 0 Å². The molecule has 1 aliphatic rings. The molecule has 0 radical (unpaired) electrons. The summed E-state index contributed by atoms with van der Waals surface area (Å²) in [7, 11) is 0.